The van der Waals surface area contributed by atoms with Crippen molar-refractivity contribution in [1.82, 2.24) is 0 Å². The van der Waals surface area contributed by atoms with E-state index in [-0.39, 0.29) is 0 Å². The summed E-state index contributed by atoms with van der Waals surface area (Å²) < 4.78 is 0. The summed E-state index contributed by atoms with van der Waals surface area (Å²) in [6, 6.07) is 0. The Morgan fingerprint density at radius 3 is 2.54 bits per heavy atom. The van der Waals surface area contributed by atoms with E-state index < -0.39 is 0 Å². The van der Waals surface area contributed by atoms with Gasteiger partial charge in [0.1, 0.15) is 0 Å². The van der Waals surface area contributed by atoms with Gasteiger partial charge in [0, 0.05) is 0 Å². The molecule has 0 radical (unpaired) electrons. The Kier molecular flexibility index (Phi) is 1.90. The summed E-state index contributed by atoms with van der Waals surface area (Å²) in [4.78, 5) is 0. The van der Waals surface area contributed by atoms with Crippen molar-refractivity contribution in [1.29, 1.82) is 0 Å². The maximum atomic E-state index is 2.48. The van der Waals surface area contributed by atoms with Gasteiger partial charge < -0.3 is 0 Å². The first kappa shape index (κ1) is 9.05. The molecule has 0 aromatic carbocycles. The lowest BCUT2D eigenvalue weighted by atomic mass is 9.84. The van der Waals surface area contributed by atoms with Crippen LogP contribution in [-0.2, 0) is 0 Å². The second-order valence-electron chi connectivity index (χ2n) is 5.59. The van der Waals surface area contributed by atoms with E-state index in [1.165, 1.54) is 19.3 Å². The summed E-state index contributed by atoms with van der Waals surface area (Å²) >= 11 is 0. The lowest BCUT2D eigenvalue weighted by molar-refractivity contribution is 0.491. The number of hydrogen-bond acceptors (Lipinski definition) is 0. The molecule has 0 bridgehead atoms. The van der Waals surface area contributed by atoms with E-state index in [2.05, 4.69) is 33.8 Å². The summed E-state index contributed by atoms with van der Waals surface area (Å²) in [5, 5.41) is 0. The highest BCUT2D eigenvalue weighted by atomic mass is 14.3. The maximum Gasteiger partial charge on any atom is -0.00940 e. The molecule has 0 N–H and O–H groups in total. The average Bonchev–Trinajstić information content (AvgIpc) is 2.51. The maximum absolute atomic E-state index is 2.48. The van der Waals surface area contributed by atoms with E-state index in [9.17, 15) is 0 Å². The molecule has 2 aliphatic rings. The molecule has 0 nitrogen and oxygen atoms in total. The van der Waals surface area contributed by atoms with Gasteiger partial charge in [0.2, 0.25) is 0 Å². The van der Waals surface area contributed by atoms with Crippen LogP contribution in [0.15, 0.2) is 22.8 Å². The van der Waals surface area contributed by atoms with Crippen LogP contribution < -0.4 is 0 Å². The third-order valence-electron chi connectivity index (χ3n) is 3.52. The van der Waals surface area contributed by atoms with Crippen LogP contribution in [0.2, 0.25) is 0 Å². The van der Waals surface area contributed by atoms with Crippen LogP contribution in [0, 0.1) is 11.3 Å². The molecule has 0 heterocycles. The van der Waals surface area contributed by atoms with Gasteiger partial charge in [0.05, 0.1) is 0 Å². The van der Waals surface area contributed by atoms with E-state index >= 15 is 0 Å². The molecule has 0 amide bonds. The molecule has 2 rings (SSSR count). The molecule has 1 unspecified atom stereocenters. The van der Waals surface area contributed by atoms with Crippen LogP contribution in [-0.4, -0.2) is 0 Å². The monoisotopic (exact) mass is 176 g/mol. The molecular weight excluding hydrogens is 156 g/mol. The van der Waals surface area contributed by atoms with Gasteiger partial charge in [-0.1, -0.05) is 44.9 Å². The lowest BCUT2D eigenvalue weighted by Crippen LogP contribution is -2.08. The van der Waals surface area contributed by atoms with Crippen LogP contribution in [0.25, 0.3) is 0 Å². The Bertz CT molecular complexity index is 284. The van der Waals surface area contributed by atoms with Gasteiger partial charge in [-0.05, 0) is 36.2 Å². The minimum atomic E-state index is 0.379. The van der Waals surface area contributed by atoms with Crippen LogP contribution in [0.4, 0.5) is 0 Å². The fourth-order valence-corrected chi connectivity index (χ4v) is 2.42. The van der Waals surface area contributed by atoms with Gasteiger partial charge in [0.25, 0.3) is 0 Å². The zero-order valence-corrected chi connectivity index (χ0v) is 9.28. The fourth-order valence-electron chi connectivity index (χ4n) is 2.42. The molecule has 0 aromatic heterocycles. The SMILES string of the molecule is CC1CCC2=C1C=C(C(C)(C)C)C2. The predicted molar refractivity (Wildman–Crippen MR) is 57.6 cm³/mol. The number of allylic oxidation sites excluding steroid dienone is 4. The molecule has 0 fully saturated rings. The highest BCUT2D eigenvalue weighted by molar-refractivity contribution is 5.44. The van der Waals surface area contributed by atoms with Crippen molar-refractivity contribution in [2.24, 2.45) is 11.3 Å². The second kappa shape index (κ2) is 2.73. The van der Waals surface area contributed by atoms with Crippen molar-refractivity contribution in [2.45, 2.75) is 47.0 Å². The molecule has 0 aliphatic heterocycles. The summed E-state index contributed by atoms with van der Waals surface area (Å²) in [5.41, 5.74) is 5.43. The summed E-state index contributed by atoms with van der Waals surface area (Å²) in [6.45, 7) is 9.34. The Labute approximate surface area is 81.7 Å². The molecule has 0 aromatic rings. The highest BCUT2D eigenvalue weighted by Crippen LogP contribution is 2.45. The smallest absolute Gasteiger partial charge is 0.00940 e. The van der Waals surface area contributed by atoms with Gasteiger partial charge in [-0.15, -0.1) is 0 Å². The second-order valence-corrected chi connectivity index (χ2v) is 5.59. The molecule has 1 atom stereocenters. The molecule has 2 aliphatic carbocycles. The predicted octanol–water partition coefficient (Wildman–Crippen LogP) is 4.09. The fraction of sp³-hybridized carbons (Fsp3) is 0.692. The largest absolute Gasteiger partial charge is 0.0626 e. The van der Waals surface area contributed by atoms with Crippen molar-refractivity contribution in [3.63, 3.8) is 0 Å². The van der Waals surface area contributed by atoms with Gasteiger partial charge in [-0.2, -0.15) is 0 Å². The number of hydrogen-bond donors (Lipinski definition) is 0. The minimum absolute atomic E-state index is 0.379. The molecule has 72 valence electrons. The first-order valence-corrected chi connectivity index (χ1v) is 5.41. The van der Waals surface area contributed by atoms with Crippen LogP contribution in [0.1, 0.15) is 47.0 Å². The van der Waals surface area contributed by atoms with Crippen molar-refractivity contribution < 1.29 is 0 Å². The van der Waals surface area contributed by atoms with Crippen molar-refractivity contribution in [3.8, 4) is 0 Å². The van der Waals surface area contributed by atoms with E-state index in [0.29, 0.717) is 5.41 Å². The van der Waals surface area contributed by atoms with Crippen molar-refractivity contribution >= 4 is 0 Å². The first-order valence-electron chi connectivity index (χ1n) is 5.41. The quantitative estimate of drug-likeness (QED) is 0.521. The third-order valence-corrected chi connectivity index (χ3v) is 3.52. The first-order chi connectivity index (χ1) is 5.98. The zero-order valence-electron chi connectivity index (χ0n) is 9.28. The summed E-state index contributed by atoms with van der Waals surface area (Å²) in [6.07, 6.45) is 6.49. The van der Waals surface area contributed by atoms with E-state index in [1.807, 2.05) is 0 Å². The lowest BCUT2D eigenvalue weighted by Gasteiger charge is -2.21. The van der Waals surface area contributed by atoms with Crippen molar-refractivity contribution in [3.05, 3.63) is 22.8 Å². The molecule has 13 heavy (non-hydrogen) atoms. The standard InChI is InChI=1S/C13H20/c1-9-5-6-10-7-11(8-12(9)10)13(2,3)4/h8-9H,5-7H2,1-4H3. The Morgan fingerprint density at radius 1 is 1.31 bits per heavy atom. The normalized spacial score (nSPS) is 28.0. The molecule has 0 spiro atoms. The summed E-state index contributed by atoms with van der Waals surface area (Å²) in [7, 11) is 0. The van der Waals surface area contributed by atoms with Crippen LogP contribution >= 0.6 is 0 Å². The topological polar surface area (TPSA) is 0 Å². The number of rotatable bonds is 0. The highest BCUT2D eigenvalue weighted by Gasteiger charge is 2.29. The van der Waals surface area contributed by atoms with E-state index in [0.717, 1.165) is 5.92 Å². The van der Waals surface area contributed by atoms with E-state index in [4.69, 9.17) is 0 Å². The molecule has 0 heteroatoms. The molecule has 0 saturated heterocycles. The van der Waals surface area contributed by atoms with Gasteiger partial charge in [-0.3, -0.25) is 0 Å². The van der Waals surface area contributed by atoms with Gasteiger partial charge in [-0.25, -0.2) is 0 Å². The minimum Gasteiger partial charge on any atom is -0.0626 e. The van der Waals surface area contributed by atoms with Crippen LogP contribution in [0.3, 0.4) is 0 Å². The van der Waals surface area contributed by atoms with E-state index in [1.54, 1.807) is 16.7 Å². The van der Waals surface area contributed by atoms with Gasteiger partial charge in [0.15, 0.2) is 0 Å². The van der Waals surface area contributed by atoms with Gasteiger partial charge >= 0.3 is 0 Å². The summed E-state index contributed by atoms with van der Waals surface area (Å²) in [5.74, 6) is 0.829. The molecule has 0 saturated carbocycles. The third kappa shape index (κ3) is 1.47. The zero-order chi connectivity index (χ0) is 9.64. The average molecular weight is 176 g/mol. The Morgan fingerprint density at radius 2 is 2.00 bits per heavy atom. The van der Waals surface area contributed by atoms with Crippen LogP contribution in [0.5, 0.6) is 0 Å². The van der Waals surface area contributed by atoms with Crippen molar-refractivity contribution in [2.75, 3.05) is 0 Å². The Hall–Kier alpha value is -0.520. The molecular formula is C13H20. The Balaban J connectivity index is 2.22.